The summed E-state index contributed by atoms with van der Waals surface area (Å²) >= 11 is 6.55. The number of benzene rings is 1. The van der Waals surface area contributed by atoms with Crippen LogP contribution >= 0.6 is 31.9 Å². The molecule has 0 amide bonds. The molecule has 0 atom stereocenters. The van der Waals surface area contributed by atoms with E-state index in [4.69, 9.17) is 9.47 Å². The van der Waals surface area contributed by atoms with Crippen molar-refractivity contribution in [3.05, 3.63) is 32.2 Å². The normalized spacial score (nSPS) is 10.8. The summed E-state index contributed by atoms with van der Waals surface area (Å²) in [6, 6.07) is 3.09. The molecule has 0 saturated carbocycles. The summed E-state index contributed by atoms with van der Waals surface area (Å²) in [5, 5.41) is 0. The van der Waals surface area contributed by atoms with Crippen LogP contribution in [-0.4, -0.2) is 24.1 Å². The molecule has 1 aromatic carbocycles. The molecular weight excluding hydrogens is 392 g/mol. The van der Waals surface area contributed by atoms with Crippen LogP contribution in [0.1, 0.15) is 48.4 Å². The number of hydrogen-bond donors (Lipinski definition) is 0. The van der Waals surface area contributed by atoms with Gasteiger partial charge in [-0.05, 0) is 71.7 Å². The lowest BCUT2D eigenvalue weighted by atomic mass is 10.1. The summed E-state index contributed by atoms with van der Waals surface area (Å²) in [5.74, 6) is -0.896. The van der Waals surface area contributed by atoms with Crippen LogP contribution in [0.15, 0.2) is 21.1 Å². The van der Waals surface area contributed by atoms with Gasteiger partial charge in [0.15, 0.2) is 0 Å². The Morgan fingerprint density at radius 2 is 1.15 bits per heavy atom. The lowest BCUT2D eigenvalue weighted by Gasteiger charge is -2.13. The number of carbonyl (C=O) groups excluding carboxylic acids is 2. The van der Waals surface area contributed by atoms with Crippen LogP contribution in [0.3, 0.4) is 0 Å². The molecule has 4 nitrogen and oxygen atoms in total. The molecule has 0 aliphatic rings. The van der Waals surface area contributed by atoms with E-state index in [0.717, 1.165) is 0 Å². The zero-order chi connectivity index (χ0) is 15.4. The van der Waals surface area contributed by atoms with Crippen LogP contribution in [0.2, 0.25) is 0 Å². The van der Waals surface area contributed by atoms with Gasteiger partial charge in [0.25, 0.3) is 0 Å². The summed E-state index contributed by atoms with van der Waals surface area (Å²) < 4.78 is 11.2. The van der Waals surface area contributed by atoms with Crippen LogP contribution in [-0.2, 0) is 9.47 Å². The smallest absolute Gasteiger partial charge is 0.339 e. The van der Waals surface area contributed by atoms with Gasteiger partial charge in [0.2, 0.25) is 0 Å². The van der Waals surface area contributed by atoms with E-state index in [1.165, 1.54) is 0 Å². The Hall–Kier alpha value is -0.880. The van der Waals surface area contributed by atoms with Gasteiger partial charge < -0.3 is 9.47 Å². The average molecular weight is 408 g/mol. The van der Waals surface area contributed by atoms with Crippen molar-refractivity contribution in [2.24, 2.45) is 0 Å². The molecule has 0 fully saturated rings. The summed E-state index contributed by atoms with van der Waals surface area (Å²) in [5.41, 5.74) is 0.707. The number of hydrogen-bond acceptors (Lipinski definition) is 4. The van der Waals surface area contributed by atoms with Crippen LogP contribution in [0, 0.1) is 0 Å². The van der Waals surface area contributed by atoms with E-state index in [1.54, 1.807) is 39.8 Å². The maximum Gasteiger partial charge on any atom is 0.339 e. The number of esters is 2. The first kappa shape index (κ1) is 17.2. The maximum absolute atomic E-state index is 11.9. The van der Waals surface area contributed by atoms with E-state index in [0.29, 0.717) is 20.1 Å². The zero-order valence-electron chi connectivity index (χ0n) is 11.7. The predicted molar refractivity (Wildman–Crippen MR) is 82.9 cm³/mol. The van der Waals surface area contributed by atoms with Gasteiger partial charge in [-0.2, -0.15) is 0 Å². The van der Waals surface area contributed by atoms with E-state index in [9.17, 15) is 9.59 Å². The van der Waals surface area contributed by atoms with Crippen molar-refractivity contribution in [2.75, 3.05) is 0 Å². The fraction of sp³-hybridized carbons (Fsp3) is 0.429. The molecule has 0 saturated heterocycles. The van der Waals surface area contributed by atoms with Crippen molar-refractivity contribution in [2.45, 2.75) is 39.9 Å². The maximum atomic E-state index is 11.9. The van der Waals surface area contributed by atoms with Gasteiger partial charge >= 0.3 is 11.9 Å². The van der Waals surface area contributed by atoms with Crippen molar-refractivity contribution in [1.29, 1.82) is 0 Å². The second-order valence-electron chi connectivity index (χ2n) is 4.72. The Kier molecular flexibility index (Phi) is 6.20. The third-order valence-corrected chi connectivity index (χ3v) is 3.49. The molecule has 0 radical (unpaired) electrons. The highest BCUT2D eigenvalue weighted by atomic mass is 79.9. The predicted octanol–water partition coefficient (Wildman–Crippen LogP) is 4.34. The summed E-state index contributed by atoms with van der Waals surface area (Å²) in [7, 11) is 0. The molecule has 0 bridgehead atoms. The first-order chi connectivity index (χ1) is 9.22. The first-order valence-electron chi connectivity index (χ1n) is 6.13. The Morgan fingerprint density at radius 3 is 1.40 bits per heavy atom. The fourth-order valence-corrected chi connectivity index (χ4v) is 2.43. The lowest BCUT2D eigenvalue weighted by molar-refractivity contribution is 0.0360. The zero-order valence-corrected chi connectivity index (χ0v) is 14.9. The fourth-order valence-electron chi connectivity index (χ4n) is 1.41. The van der Waals surface area contributed by atoms with Gasteiger partial charge in [0.05, 0.1) is 23.3 Å². The Bertz CT molecular complexity index is 476. The largest absolute Gasteiger partial charge is 0.459 e. The average Bonchev–Trinajstić information content (AvgIpc) is 2.29. The van der Waals surface area contributed by atoms with E-state index in [1.807, 2.05) is 0 Å². The molecule has 1 aromatic rings. The van der Waals surface area contributed by atoms with Crippen molar-refractivity contribution in [3.63, 3.8) is 0 Å². The number of carbonyl (C=O) groups is 2. The summed E-state index contributed by atoms with van der Waals surface area (Å²) in [6.45, 7) is 7.09. The third-order valence-electron chi connectivity index (χ3n) is 2.18. The number of halogens is 2. The minimum atomic E-state index is -0.448. The van der Waals surface area contributed by atoms with Gasteiger partial charge in [-0.25, -0.2) is 9.59 Å². The Balaban J connectivity index is 3.09. The van der Waals surface area contributed by atoms with E-state index < -0.39 is 11.9 Å². The van der Waals surface area contributed by atoms with E-state index in [2.05, 4.69) is 31.9 Å². The molecule has 1 rings (SSSR count). The number of rotatable bonds is 4. The molecule has 110 valence electrons. The Morgan fingerprint density at radius 1 is 0.850 bits per heavy atom. The second-order valence-corrected chi connectivity index (χ2v) is 6.43. The quantitative estimate of drug-likeness (QED) is 0.696. The van der Waals surface area contributed by atoms with Gasteiger partial charge in [-0.15, -0.1) is 0 Å². The molecule has 0 aliphatic carbocycles. The molecule has 0 aliphatic heterocycles. The van der Waals surface area contributed by atoms with Crippen molar-refractivity contribution >= 4 is 43.8 Å². The molecule has 0 heterocycles. The summed E-state index contributed by atoms with van der Waals surface area (Å²) in [6.07, 6.45) is -0.419. The van der Waals surface area contributed by atoms with Crippen LogP contribution < -0.4 is 0 Å². The van der Waals surface area contributed by atoms with Crippen LogP contribution in [0.4, 0.5) is 0 Å². The lowest BCUT2D eigenvalue weighted by Crippen LogP contribution is -2.15. The molecular formula is C14H16Br2O4. The Labute approximate surface area is 135 Å². The van der Waals surface area contributed by atoms with E-state index in [-0.39, 0.29) is 12.2 Å². The molecule has 6 heteroatoms. The highest BCUT2D eigenvalue weighted by molar-refractivity contribution is 9.11. The van der Waals surface area contributed by atoms with Gasteiger partial charge in [0.1, 0.15) is 0 Å². The van der Waals surface area contributed by atoms with Crippen molar-refractivity contribution in [1.82, 2.24) is 0 Å². The first-order valence-corrected chi connectivity index (χ1v) is 7.72. The summed E-state index contributed by atoms with van der Waals surface area (Å²) in [4.78, 5) is 23.8. The van der Waals surface area contributed by atoms with Crippen LogP contribution in [0.25, 0.3) is 0 Å². The SMILES string of the molecule is CC(C)OC(=O)c1cc(Br)c(C(=O)OC(C)C)cc1Br. The van der Waals surface area contributed by atoms with E-state index >= 15 is 0 Å². The molecule has 0 N–H and O–H groups in total. The monoisotopic (exact) mass is 406 g/mol. The standard InChI is InChI=1S/C14H16Br2O4/c1-7(2)19-13(17)9-5-12(16)10(6-11(9)15)14(18)20-8(3)4/h5-8H,1-4H3. The molecule has 0 aromatic heterocycles. The van der Waals surface area contributed by atoms with Crippen LogP contribution in [0.5, 0.6) is 0 Å². The van der Waals surface area contributed by atoms with Crippen molar-refractivity contribution < 1.29 is 19.1 Å². The highest BCUT2D eigenvalue weighted by Crippen LogP contribution is 2.27. The minimum Gasteiger partial charge on any atom is -0.459 e. The second kappa shape index (κ2) is 7.22. The van der Waals surface area contributed by atoms with Gasteiger partial charge in [-0.3, -0.25) is 0 Å². The molecule has 0 unspecified atom stereocenters. The van der Waals surface area contributed by atoms with Crippen molar-refractivity contribution in [3.8, 4) is 0 Å². The minimum absolute atomic E-state index is 0.209. The van der Waals surface area contributed by atoms with Gasteiger partial charge in [0, 0.05) is 8.95 Å². The molecule has 0 spiro atoms. The number of ether oxygens (including phenoxy) is 2. The topological polar surface area (TPSA) is 52.6 Å². The third kappa shape index (κ3) is 4.59. The van der Waals surface area contributed by atoms with Gasteiger partial charge in [-0.1, -0.05) is 0 Å². The highest BCUT2D eigenvalue weighted by Gasteiger charge is 2.20. The molecule has 20 heavy (non-hydrogen) atoms.